The lowest BCUT2D eigenvalue weighted by atomic mass is 9.95. The van der Waals surface area contributed by atoms with Crippen LogP contribution in [0, 0.1) is 0 Å². The zero-order valence-electron chi connectivity index (χ0n) is 16.9. The van der Waals surface area contributed by atoms with Crippen molar-refractivity contribution in [3.63, 3.8) is 0 Å². The fraction of sp³-hybridized carbons (Fsp3) is 0.391. The number of urea groups is 1. The molecule has 3 heterocycles. The molecule has 1 aromatic carbocycles. The summed E-state index contributed by atoms with van der Waals surface area (Å²) in [5.74, 6) is -0.425. The molecule has 2 aromatic rings. The first-order valence-corrected chi connectivity index (χ1v) is 10.5. The van der Waals surface area contributed by atoms with Gasteiger partial charge in [-0.2, -0.15) is 0 Å². The predicted octanol–water partition coefficient (Wildman–Crippen LogP) is 2.69. The van der Waals surface area contributed by atoms with Gasteiger partial charge in [0, 0.05) is 25.5 Å². The Hall–Kier alpha value is -3.22. The molecule has 0 saturated carbocycles. The average Bonchev–Trinajstić information content (AvgIpc) is 3.05. The third-order valence-electron chi connectivity index (χ3n) is 5.84. The van der Waals surface area contributed by atoms with Crippen molar-refractivity contribution in [2.45, 2.75) is 44.2 Å². The first-order valence-electron chi connectivity index (χ1n) is 10.5. The first-order chi connectivity index (χ1) is 14.6. The van der Waals surface area contributed by atoms with Crippen LogP contribution < -0.4 is 5.32 Å². The lowest BCUT2D eigenvalue weighted by molar-refractivity contribution is -0.138. The summed E-state index contributed by atoms with van der Waals surface area (Å²) < 4.78 is 0. The Kier molecular flexibility index (Phi) is 6.07. The SMILES string of the molecule is O=C1NC(CC(=O)N2CCCCC2c2cccnc2)C(=O)N1CCc1ccccc1. The van der Waals surface area contributed by atoms with Gasteiger partial charge in [0.05, 0.1) is 12.5 Å². The van der Waals surface area contributed by atoms with E-state index in [9.17, 15) is 14.4 Å². The Morgan fingerprint density at radius 1 is 1.10 bits per heavy atom. The van der Waals surface area contributed by atoms with E-state index in [4.69, 9.17) is 0 Å². The zero-order valence-corrected chi connectivity index (χ0v) is 16.9. The smallest absolute Gasteiger partial charge is 0.324 e. The van der Waals surface area contributed by atoms with Crippen molar-refractivity contribution in [1.82, 2.24) is 20.1 Å². The maximum Gasteiger partial charge on any atom is 0.324 e. The number of imide groups is 1. The fourth-order valence-electron chi connectivity index (χ4n) is 4.25. The van der Waals surface area contributed by atoms with E-state index in [-0.39, 0.29) is 24.3 Å². The highest BCUT2D eigenvalue weighted by Gasteiger charge is 2.40. The highest BCUT2D eigenvalue weighted by molar-refractivity contribution is 6.05. The third kappa shape index (κ3) is 4.35. The maximum atomic E-state index is 13.1. The molecule has 1 N–H and O–H groups in total. The van der Waals surface area contributed by atoms with Gasteiger partial charge in [-0.25, -0.2) is 4.79 Å². The van der Waals surface area contributed by atoms with Crippen molar-refractivity contribution in [2.75, 3.05) is 13.1 Å². The number of rotatable bonds is 6. The molecular formula is C23H26N4O3. The van der Waals surface area contributed by atoms with E-state index in [1.165, 1.54) is 4.90 Å². The summed E-state index contributed by atoms with van der Waals surface area (Å²) in [7, 11) is 0. The van der Waals surface area contributed by atoms with Crippen molar-refractivity contribution in [2.24, 2.45) is 0 Å². The summed E-state index contributed by atoms with van der Waals surface area (Å²) in [4.78, 5) is 45.4. The molecule has 4 rings (SSSR count). The first kappa shape index (κ1) is 20.1. The summed E-state index contributed by atoms with van der Waals surface area (Å²) in [5.41, 5.74) is 2.07. The van der Waals surface area contributed by atoms with Crippen LogP contribution in [0.4, 0.5) is 4.79 Å². The molecule has 7 heteroatoms. The van der Waals surface area contributed by atoms with Gasteiger partial charge >= 0.3 is 6.03 Å². The summed E-state index contributed by atoms with van der Waals surface area (Å²) in [6, 6.07) is 12.3. The number of benzene rings is 1. The van der Waals surface area contributed by atoms with E-state index in [0.717, 1.165) is 30.4 Å². The second-order valence-electron chi connectivity index (χ2n) is 7.82. The Morgan fingerprint density at radius 2 is 1.93 bits per heavy atom. The number of hydrogen-bond acceptors (Lipinski definition) is 4. The number of piperidine rings is 1. The molecule has 2 aliphatic rings. The van der Waals surface area contributed by atoms with Crippen LogP contribution in [0.5, 0.6) is 0 Å². The predicted molar refractivity (Wildman–Crippen MR) is 111 cm³/mol. The largest absolute Gasteiger partial charge is 0.336 e. The van der Waals surface area contributed by atoms with Gasteiger partial charge in [-0.3, -0.25) is 19.5 Å². The molecule has 2 saturated heterocycles. The highest BCUT2D eigenvalue weighted by Crippen LogP contribution is 2.31. The zero-order chi connectivity index (χ0) is 20.9. The van der Waals surface area contributed by atoms with Gasteiger partial charge in [-0.15, -0.1) is 0 Å². The average molecular weight is 406 g/mol. The van der Waals surface area contributed by atoms with Crippen LogP contribution >= 0.6 is 0 Å². The van der Waals surface area contributed by atoms with Crippen LogP contribution in [0.1, 0.15) is 42.9 Å². The van der Waals surface area contributed by atoms with E-state index in [0.29, 0.717) is 19.5 Å². The van der Waals surface area contributed by atoms with Crippen LogP contribution in [0.25, 0.3) is 0 Å². The Morgan fingerprint density at radius 3 is 2.70 bits per heavy atom. The number of nitrogens with zero attached hydrogens (tertiary/aromatic N) is 3. The lowest BCUT2D eigenvalue weighted by Crippen LogP contribution is -2.43. The number of hydrogen-bond donors (Lipinski definition) is 1. The Balaban J connectivity index is 1.39. The molecule has 0 bridgehead atoms. The molecule has 0 spiro atoms. The molecule has 2 aliphatic heterocycles. The van der Waals surface area contributed by atoms with Gasteiger partial charge < -0.3 is 10.2 Å². The molecule has 2 fully saturated rings. The number of pyridine rings is 1. The van der Waals surface area contributed by atoms with E-state index in [1.54, 1.807) is 12.4 Å². The fourth-order valence-corrected chi connectivity index (χ4v) is 4.25. The van der Waals surface area contributed by atoms with E-state index < -0.39 is 12.1 Å². The van der Waals surface area contributed by atoms with Crippen molar-refractivity contribution in [3.8, 4) is 0 Å². The van der Waals surface area contributed by atoms with E-state index in [1.807, 2.05) is 47.4 Å². The molecule has 30 heavy (non-hydrogen) atoms. The number of amides is 4. The second-order valence-corrected chi connectivity index (χ2v) is 7.82. The van der Waals surface area contributed by atoms with Crippen molar-refractivity contribution in [1.29, 1.82) is 0 Å². The second kappa shape index (κ2) is 9.07. The standard InChI is InChI=1S/C23H26N4O3/c28-21(26-13-5-4-10-20(26)18-9-6-12-24-16-18)15-19-22(29)27(23(30)25-19)14-11-17-7-2-1-3-8-17/h1-3,6-9,12,16,19-20H,4-5,10-11,13-15H2,(H,25,30). The normalized spacial score (nSPS) is 21.6. The summed E-state index contributed by atoms with van der Waals surface area (Å²) in [6.07, 6.45) is 6.97. The van der Waals surface area contributed by atoms with Gasteiger partial charge in [0.25, 0.3) is 5.91 Å². The number of likely N-dealkylation sites (tertiary alicyclic amines) is 1. The number of carbonyl (C=O) groups excluding carboxylic acids is 3. The molecule has 7 nitrogen and oxygen atoms in total. The minimum Gasteiger partial charge on any atom is -0.336 e. The van der Waals surface area contributed by atoms with Crippen molar-refractivity contribution >= 4 is 17.8 Å². The van der Waals surface area contributed by atoms with Crippen LogP contribution in [0.2, 0.25) is 0 Å². The van der Waals surface area contributed by atoms with Crippen LogP contribution in [-0.4, -0.2) is 51.8 Å². The molecule has 156 valence electrons. The Labute approximate surface area is 176 Å². The van der Waals surface area contributed by atoms with Gasteiger partial charge in [0.2, 0.25) is 5.91 Å². The molecular weight excluding hydrogens is 380 g/mol. The van der Waals surface area contributed by atoms with Gasteiger partial charge in [-0.1, -0.05) is 36.4 Å². The topological polar surface area (TPSA) is 82.6 Å². The Bertz CT molecular complexity index is 903. The lowest BCUT2D eigenvalue weighted by Gasteiger charge is -2.36. The molecule has 4 amide bonds. The van der Waals surface area contributed by atoms with E-state index >= 15 is 0 Å². The van der Waals surface area contributed by atoms with Crippen molar-refractivity contribution < 1.29 is 14.4 Å². The quantitative estimate of drug-likeness (QED) is 0.748. The molecule has 2 unspecified atom stereocenters. The number of aromatic nitrogens is 1. The van der Waals surface area contributed by atoms with Gasteiger partial charge in [0.15, 0.2) is 0 Å². The minimum atomic E-state index is -0.794. The third-order valence-corrected chi connectivity index (χ3v) is 5.84. The number of carbonyl (C=O) groups is 3. The minimum absolute atomic E-state index is 0.0107. The molecule has 0 radical (unpaired) electrons. The summed E-state index contributed by atoms with van der Waals surface area (Å²) >= 11 is 0. The molecule has 2 atom stereocenters. The number of nitrogens with one attached hydrogen (secondary N) is 1. The summed E-state index contributed by atoms with van der Waals surface area (Å²) in [5, 5.41) is 2.69. The van der Waals surface area contributed by atoms with Crippen molar-refractivity contribution in [3.05, 3.63) is 66.0 Å². The monoisotopic (exact) mass is 406 g/mol. The summed E-state index contributed by atoms with van der Waals surface area (Å²) in [6.45, 7) is 0.965. The van der Waals surface area contributed by atoms with Crippen LogP contribution in [-0.2, 0) is 16.0 Å². The highest BCUT2D eigenvalue weighted by atomic mass is 16.2. The van der Waals surface area contributed by atoms with Crippen LogP contribution in [0.15, 0.2) is 54.9 Å². The maximum absolute atomic E-state index is 13.1. The van der Waals surface area contributed by atoms with Gasteiger partial charge in [-0.05, 0) is 42.9 Å². The molecule has 0 aliphatic carbocycles. The van der Waals surface area contributed by atoms with Crippen LogP contribution in [0.3, 0.4) is 0 Å². The molecule has 1 aromatic heterocycles. The van der Waals surface area contributed by atoms with Gasteiger partial charge in [0.1, 0.15) is 6.04 Å². The van der Waals surface area contributed by atoms with E-state index in [2.05, 4.69) is 10.3 Å².